The maximum absolute atomic E-state index is 5.05. The van der Waals surface area contributed by atoms with Gasteiger partial charge in [-0.3, -0.25) is 4.57 Å². The second-order valence-corrected chi connectivity index (χ2v) is 10.2. The van der Waals surface area contributed by atoms with Crippen molar-refractivity contribution in [2.75, 3.05) is 0 Å². The Balaban J connectivity index is 1.48. The van der Waals surface area contributed by atoms with Gasteiger partial charge in [0.2, 0.25) is 0 Å². The van der Waals surface area contributed by atoms with Crippen molar-refractivity contribution in [1.29, 1.82) is 0 Å². The molecule has 0 unspecified atom stereocenters. The number of nitrogens with zero attached hydrogens (tertiary/aromatic N) is 3. The molecule has 0 amide bonds. The van der Waals surface area contributed by atoms with Crippen LogP contribution in [0.25, 0.3) is 55.0 Å². The van der Waals surface area contributed by atoms with E-state index in [9.17, 15) is 0 Å². The van der Waals surface area contributed by atoms with Crippen LogP contribution in [-0.4, -0.2) is 14.2 Å². The van der Waals surface area contributed by atoms with Crippen LogP contribution in [0.15, 0.2) is 103 Å². The van der Waals surface area contributed by atoms with Gasteiger partial charge in [0.05, 0.1) is 16.6 Å². The summed E-state index contributed by atoms with van der Waals surface area (Å²) < 4.78 is 4.33. The van der Waals surface area contributed by atoms with Crippen molar-refractivity contribution in [3.63, 3.8) is 0 Å². The lowest BCUT2D eigenvalue weighted by Gasteiger charge is -2.21. The summed E-state index contributed by atoms with van der Waals surface area (Å²) in [4.78, 5) is 0. The zero-order chi connectivity index (χ0) is 23.3. The molecule has 3 aromatic heterocycles. The number of hydrogen-bond donors (Lipinski definition) is 0. The summed E-state index contributed by atoms with van der Waals surface area (Å²) in [6.07, 6.45) is 2.12. The summed E-state index contributed by atoms with van der Waals surface area (Å²) in [7, 11) is 0. The Morgan fingerprint density at radius 2 is 1.40 bits per heavy atom. The van der Waals surface area contributed by atoms with Gasteiger partial charge in [0, 0.05) is 33.8 Å². The first-order chi connectivity index (χ1) is 17.1. The second-order valence-electron chi connectivity index (χ2n) is 10.2. The minimum atomic E-state index is -0.0213. The summed E-state index contributed by atoms with van der Waals surface area (Å²) in [6.45, 7) is 4.69. The average Bonchev–Trinajstić information content (AvgIpc) is 3.50. The summed E-state index contributed by atoms with van der Waals surface area (Å²) in [6, 6.07) is 35.2. The number of rotatable bonds is 1. The van der Waals surface area contributed by atoms with Gasteiger partial charge in [0.25, 0.3) is 0 Å². The normalized spacial score (nSPS) is 14.2. The summed E-state index contributed by atoms with van der Waals surface area (Å²) in [5.41, 5.74) is 8.93. The third kappa shape index (κ3) is 2.42. The van der Waals surface area contributed by atoms with Crippen molar-refractivity contribution in [3.05, 3.63) is 114 Å². The number of fused-ring (bicyclic) bond motifs is 8. The van der Waals surface area contributed by atoms with Gasteiger partial charge in [-0.1, -0.05) is 80.6 Å². The summed E-state index contributed by atoms with van der Waals surface area (Å²) in [5, 5.41) is 10.0. The molecule has 0 fully saturated rings. The molecule has 0 saturated carbocycles. The van der Waals surface area contributed by atoms with Crippen LogP contribution < -0.4 is 0 Å². The van der Waals surface area contributed by atoms with Crippen molar-refractivity contribution < 1.29 is 0 Å². The molecule has 4 aromatic carbocycles. The van der Waals surface area contributed by atoms with E-state index < -0.39 is 0 Å². The zero-order valence-electron chi connectivity index (χ0n) is 19.7. The van der Waals surface area contributed by atoms with Gasteiger partial charge in [-0.15, -0.1) is 5.10 Å². The van der Waals surface area contributed by atoms with E-state index in [2.05, 4.69) is 122 Å². The van der Waals surface area contributed by atoms with Crippen LogP contribution in [0.2, 0.25) is 0 Å². The molecule has 0 saturated heterocycles. The minimum Gasteiger partial charge on any atom is -0.292 e. The van der Waals surface area contributed by atoms with Crippen molar-refractivity contribution in [2.45, 2.75) is 19.3 Å². The van der Waals surface area contributed by atoms with E-state index in [1.807, 2.05) is 4.52 Å². The number of para-hydroxylation sites is 1. The van der Waals surface area contributed by atoms with E-state index in [1.54, 1.807) is 0 Å². The lowest BCUT2D eigenvalue weighted by molar-refractivity contribution is 0.661. The Labute approximate surface area is 202 Å². The third-order valence-electron chi connectivity index (χ3n) is 7.92. The van der Waals surface area contributed by atoms with E-state index in [0.717, 1.165) is 11.3 Å². The molecule has 0 radical (unpaired) electrons. The molecule has 0 bridgehead atoms. The lowest BCUT2D eigenvalue weighted by Crippen LogP contribution is -2.14. The van der Waals surface area contributed by atoms with Crippen molar-refractivity contribution in [2.24, 2.45) is 0 Å². The van der Waals surface area contributed by atoms with Gasteiger partial charge >= 0.3 is 0 Å². The van der Waals surface area contributed by atoms with Crippen LogP contribution in [0.1, 0.15) is 25.0 Å². The molecular formula is C32H23N3. The molecular weight excluding hydrogens is 426 g/mol. The SMILES string of the molecule is CC1(C)c2ccccc2-c2cc3c(cc21)c1ccccc1n3-c1cc2cc3ccccc3cn2n1. The molecule has 0 N–H and O–H groups in total. The Bertz CT molecular complexity index is 1930. The van der Waals surface area contributed by atoms with E-state index in [4.69, 9.17) is 5.10 Å². The Morgan fingerprint density at radius 1 is 0.629 bits per heavy atom. The Kier molecular flexibility index (Phi) is 3.47. The van der Waals surface area contributed by atoms with Crippen molar-refractivity contribution >= 4 is 38.1 Å². The van der Waals surface area contributed by atoms with E-state index in [0.29, 0.717) is 0 Å². The highest BCUT2D eigenvalue weighted by atomic mass is 15.3. The standard InChI is InChI=1S/C32H23N3/c1-32(2)27-13-7-5-11-23(27)25-18-30-26(17-28(25)32)24-12-6-8-14-29(24)35(30)31-16-22-15-20-9-3-4-10-21(20)19-34(22)33-31/h3-19H,1-2H3. The highest BCUT2D eigenvalue weighted by molar-refractivity contribution is 6.11. The number of benzene rings is 4. The maximum Gasteiger partial charge on any atom is 0.160 e. The molecule has 3 heteroatoms. The van der Waals surface area contributed by atoms with Crippen LogP contribution in [0.4, 0.5) is 0 Å². The largest absolute Gasteiger partial charge is 0.292 e. The number of hydrogen-bond acceptors (Lipinski definition) is 1. The fraction of sp³-hybridized carbons (Fsp3) is 0.0938. The average molecular weight is 450 g/mol. The summed E-state index contributed by atoms with van der Waals surface area (Å²) in [5.74, 6) is 0.942. The molecule has 8 rings (SSSR count). The Hall–Kier alpha value is -4.37. The maximum atomic E-state index is 5.05. The van der Waals surface area contributed by atoms with Crippen LogP contribution in [0, 0.1) is 0 Å². The van der Waals surface area contributed by atoms with Gasteiger partial charge in [0.1, 0.15) is 0 Å². The molecule has 0 aliphatic heterocycles. The van der Waals surface area contributed by atoms with E-state index >= 15 is 0 Å². The van der Waals surface area contributed by atoms with Crippen LogP contribution in [0.3, 0.4) is 0 Å². The molecule has 3 nitrogen and oxygen atoms in total. The molecule has 1 aliphatic rings. The van der Waals surface area contributed by atoms with Crippen LogP contribution >= 0.6 is 0 Å². The number of aromatic nitrogens is 3. The monoisotopic (exact) mass is 449 g/mol. The van der Waals surface area contributed by atoms with Gasteiger partial charge in [-0.05, 0) is 51.9 Å². The zero-order valence-corrected chi connectivity index (χ0v) is 19.7. The third-order valence-corrected chi connectivity index (χ3v) is 7.92. The number of pyridine rings is 1. The predicted octanol–water partition coefficient (Wildman–Crippen LogP) is 7.89. The van der Waals surface area contributed by atoms with Crippen LogP contribution in [0.5, 0.6) is 0 Å². The minimum absolute atomic E-state index is 0.0213. The molecule has 7 aromatic rings. The highest BCUT2D eigenvalue weighted by Crippen LogP contribution is 2.50. The molecule has 0 spiro atoms. The fourth-order valence-electron chi connectivity index (χ4n) is 6.18. The van der Waals surface area contributed by atoms with Crippen LogP contribution in [-0.2, 0) is 5.41 Å². The van der Waals surface area contributed by atoms with E-state index in [-0.39, 0.29) is 5.41 Å². The molecule has 35 heavy (non-hydrogen) atoms. The second kappa shape index (κ2) is 6.39. The quantitative estimate of drug-likeness (QED) is 0.250. The lowest BCUT2D eigenvalue weighted by atomic mass is 9.82. The molecule has 1 aliphatic carbocycles. The first-order valence-corrected chi connectivity index (χ1v) is 12.2. The van der Waals surface area contributed by atoms with Crippen molar-refractivity contribution in [3.8, 4) is 16.9 Å². The molecule has 3 heterocycles. The Morgan fingerprint density at radius 3 is 2.31 bits per heavy atom. The predicted molar refractivity (Wildman–Crippen MR) is 145 cm³/mol. The van der Waals surface area contributed by atoms with E-state index in [1.165, 1.54) is 54.8 Å². The van der Waals surface area contributed by atoms with Gasteiger partial charge in [0.15, 0.2) is 5.82 Å². The molecule has 0 atom stereocenters. The van der Waals surface area contributed by atoms with Gasteiger partial charge < -0.3 is 0 Å². The first kappa shape index (κ1) is 19.0. The van der Waals surface area contributed by atoms with Gasteiger partial charge in [-0.2, -0.15) is 0 Å². The smallest absolute Gasteiger partial charge is 0.160 e. The van der Waals surface area contributed by atoms with Crippen molar-refractivity contribution in [1.82, 2.24) is 14.2 Å². The van der Waals surface area contributed by atoms with Gasteiger partial charge in [-0.25, -0.2) is 4.52 Å². The summed E-state index contributed by atoms with van der Waals surface area (Å²) >= 11 is 0. The first-order valence-electron chi connectivity index (χ1n) is 12.2. The molecule has 166 valence electrons. The fourth-order valence-corrected chi connectivity index (χ4v) is 6.18. The topological polar surface area (TPSA) is 22.2 Å². The highest BCUT2D eigenvalue weighted by Gasteiger charge is 2.36.